The van der Waals surface area contributed by atoms with Gasteiger partial charge in [0.15, 0.2) is 0 Å². The number of rotatable bonds is 7. The first-order valence-electron chi connectivity index (χ1n) is 8.70. The molecule has 0 radical (unpaired) electrons. The number of carboxylic acids is 2. The fourth-order valence-electron chi connectivity index (χ4n) is 3.04. The summed E-state index contributed by atoms with van der Waals surface area (Å²) in [6.07, 6.45) is 1.60. The predicted octanol–water partition coefficient (Wildman–Crippen LogP) is 2.35. The number of benzene rings is 2. The summed E-state index contributed by atoms with van der Waals surface area (Å²) < 4.78 is 27.9. The second-order valence-corrected chi connectivity index (χ2v) is 9.09. The minimum atomic E-state index is -3.97. The molecule has 1 heterocycles. The summed E-state index contributed by atoms with van der Waals surface area (Å²) in [5.74, 6) is -3.29. The molecule has 0 spiro atoms. The van der Waals surface area contributed by atoms with E-state index in [0.29, 0.717) is 10.6 Å². The Kier molecular flexibility index (Phi) is 6.04. The van der Waals surface area contributed by atoms with Crippen molar-refractivity contribution in [3.63, 3.8) is 0 Å². The molecular formula is C19H18N2O7S2. The number of amides is 1. The third-order valence-corrected chi connectivity index (χ3v) is 6.78. The molecule has 1 saturated heterocycles. The molecule has 1 aliphatic rings. The van der Waals surface area contributed by atoms with Crippen LogP contribution in [0.2, 0.25) is 0 Å². The van der Waals surface area contributed by atoms with Crippen molar-refractivity contribution >= 4 is 51.0 Å². The highest BCUT2D eigenvalue weighted by molar-refractivity contribution is 7.99. The maximum absolute atomic E-state index is 12.7. The van der Waals surface area contributed by atoms with Crippen LogP contribution in [0.25, 0.3) is 0 Å². The van der Waals surface area contributed by atoms with Crippen molar-refractivity contribution in [2.24, 2.45) is 5.92 Å². The standard InChI is InChI=1S/C19H18N2O7S2/c1-29-16-8-11(18(23)24)2-7-15(16)20-30(27,28)14-5-3-13(4-6-14)21-10-12(19(25)26)9-17(21)22/h2-8,12,20H,9-10H2,1H3,(H,23,24)(H,25,26). The van der Waals surface area contributed by atoms with Gasteiger partial charge in [-0.15, -0.1) is 11.8 Å². The van der Waals surface area contributed by atoms with Crippen LogP contribution < -0.4 is 9.62 Å². The zero-order valence-corrected chi connectivity index (χ0v) is 17.4. The third kappa shape index (κ3) is 4.41. The van der Waals surface area contributed by atoms with E-state index in [1.54, 1.807) is 6.26 Å². The quantitative estimate of drug-likeness (QED) is 0.546. The van der Waals surface area contributed by atoms with E-state index in [9.17, 15) is 22.8 Å². The number of nitrogens with zero attached hydrogens (tertiary/aromatic N) is 1. The number of thioether (sulfide) groups is 1. The van der Waals surface area contributed by atoms with E-state index in [2.05, 4.69) is 4.72 Å². The molecule has 0 aromatic heterocycles. The molecule has 0 aliphatic carbocycles. The fraction of sp³-hybridized carbons (Fsp3) is 0.211. The number of hydrogen-bond donors (Lipinski definition) is 3. The number of aliphatic carboxylic acids is 1. The van der Waals surface area contributed by atoms with Gasteiger partial charge in [-0.2, -0.15) is 0 Å². The Labute approximate surface area is 176 Å². The topological polar surface area (TPSA) is 141 Å². The van der Waals surface area contributed by atoms with Gasteiger partial charge < -0.3 is 15.1 Å². The van der Waals surface area contributed by atoms with Gasteiger partial charge in [-0.05, 0) is 48.7 Å². The van der Waals surface area contributed by atoms with E-state index in [-0.39, 0.29) is 35.0 Å². The van der Waals surface area contributed by atoms with Gasteiger partial charge in [-0.1, -0.05) is 0 Å². The van der Waals surface area contributed by atoms with Crippen LogP contribution in [0, 0.1) is 5.92 Å². The number of carbonyl (C=O) groups excluding carboxylic acids is 1. The van der Waals surface area contributed by atoms with E-state index in [0.717, 1.165) is 0 Å². The molecule has 1 unspecified atom stereocenters. The lowest BCUT2D eigenvalue weighted by atomic mass is 10.1. The van der Waals surface area contributed by atoms with Crippen LogP contribution in [0.3, 0.4) is 0 Å². The van der Waals surface area contributed by atoms with Gasteiger partial charge in [0.25, 0.3) is 10.0 Å². The lowest BCUT2D eigenvalue weighted by Crippen LogP contribution is -2.25. The Morgan fingerprint density at radius 3 is 2.33 bits per heavy atom. The highest BCUT2D eigenvalue weighted by Crippen LogP contribution is 2.30. The highest BCUT2D eigenvalue weighted by atomic mass is 32.2. The molecular weight excluding hydrogens is 432 g/mol. The van der Waals surface area contributed by atoms with Crippen molar-refractivity contribution in [3.8, 4) is 0 Å². The Morgan fingerprint density at radius 1 is 1.13 bits per heavy atom. The van der Waals surface area contributed by atoms with Crippen LogP contribution in [-0.4, -0.2) is 49.3 Å². The molecule has 1 aliphatic heterocycles. The average molecular weight is 450 g/mol. The van der Waals surface area contributed by atoms with Crippen LogP contribution in [0.1, 0.15) is 16.8 Å². The van der Waals surface area contributed by atoms with Gasteiger partial charge in [0, 0.05) is 23.5 Å². The molecule has 3 N–H and O–H groups in total. The van der Waals surface area contributed by atoms with Gasteiger partial charge >= 0.3 is 11.9 Å². The average Bonchev–Trinajstić information content (AvgIpc) is 3.10. The molecule has 0 bridgehead atoms. The van der Waals surface area contributed by atoms with E-state index in [1.165, 1.54) is 59.1 Å². The summed E-state index contributed by atoms with van der Waals surface area (Å²) in [5, 5.41) is 18.2. The molecule has 1 fully saturated rings. The Bertz CT molecular complexity index is 1110. The van der Waals surface area contributed by atoms with E-state index in [1.807, 2.05) is 0 Å². The molecule has 9 nitrogen and oxygen atoms in total. The summed E-state index contributed by atoms with van der Waals surface area (Å²) in [4.78, 5) is 36.0. The van der Waals surface area contributed by atoms with Gasteiger partial charge in [-0.25, -0.2) is 13.2 Å². The maximum Gasteiger partial charge on any atom is 0.335 e. The summed E-state index contributed by atoms with van der Waals surface area (Å²) in [7, 11) is -3.97. The third-order valence-electron chi connectivity index (χ3n) is 4.63. The number of carboxylic acid groups (broad SMARTS) is 2. The predicted molar refractivity (Wildman–Crippen MR) is 111 cm³/mol. The molecule has 0 saturated carbocycles. The highest BCUT2D eigenvalue weighted by Gasteiger charge is 2.35. The fourth-order valence-corrected chi connectivity index (χ4v) is 4.77. The molecule has 3 rings (SSSR count). The molecule has 1 amide bonds. The van der Waals surface area contributed by atoms with Gasteiger partial charge in [0.2, 0.25) is 5.91 Å². The largest absolute Gasteiger partial charge is 0.481 e. The number of nitrogens with one attached hydrogen (secondary N) is 1. The first kappa shape index (κ1) is 21.7. The Balaban J connectivity index is 1.82. The first-order chi connectivity index (χ1) is 14.1. The molecule has 30 heavy (non-hydrogen) atoms. The number of hydrogen-bond acceptors (Lipinski definition) is 6. The zero-order valence-electron chi connectivity index (χ0n) is 15.7. The van der Waals surface area contributed by atoms with Crippen LogP contribution in [0.15, 0.2) is 52.3 Å². The Morgan fingerprint density at radius 2 is 1.80 bits per heavy atom. The number of aromatic carboxylic acids is 1. The minimum Gasteiger partial charge on any atom is -0.481 e. The summed E-state index contributed by atoms with van der Waals surface area (Å²) in [6, 6.07) is 9.61. The van der Waals surface area contributed by atoms with Crippen molar-refractivity contribution in [2.75, 3.05) is 22.4 Å². The van der Waals surface area contributed by atoms with Crippen molar-refractivity contribution in [1.29, 1.82) is 0 Å². The second-order valence-electron chi connectivity index (χ2n) is 6.56. The second kappa shape index (κ2) is 8.36. The molecule has 2 aromatic rings. The maximum atomic E-state index is 12.7. The van der Waals surface area contributed by atoms with E-state index in [4.69, 9.17) is 10.2 Å². The van der Waals surface area contributed by atoms with Crippen molar-refractivity contribution in [1.82, 2.24) is 0 Å². The molecule has 11 heteroatoms. The number of sulfonamides is 1. The summed E-state index contributed by atoms with van der Waals surface area (Å²) >= 11 is 1.20. The van der Waals surface area contributed by atoms with Crippen LogP contribution in [0.4, 0.5) is 11.4 Å². The van der Waals surface area contributed by atoms with Gasteiger partial charge in [0.1, 0.15) is 0 Å². The summed E-state index contributed by atoms with van der Waals surface area (Å²) in [6.45, 7) is 0.0333. The van der Waals surface area contributed by atoms with Crippen molar-refractivity contribution < 1.29 is 33.0 Å². The number of carbonyl (C=O) groups is 3. The summed E-state index contributed by atoms with van der Waals surface area (Å²) in [5.41, 5.74) is 0.704. The zero-order chi connectivity index (χ0) is 22.1. The van der Waals surface area contributed by atoms with E-state index >= 15 is 0 Å². The normalized spacial score (nSPS) is 16.5. The van der Waals surface area contributed by atoms with Crippen LogP contribution in [0.5, 0.6) is 0 Å². The lowest BCUT2D eigenvalue weighted by molar-refractivity contribution is -0.141. The molecule has 2 aromatic carbocycles. The van der Waals surface area contributed by atoms with E-state index < -0.39 is 27.9 Å². The smallest absolute Gasteiger partial charge is 0.335 e. The minimum absolute atomic E-state index is 0.0333. The van der Waals surface area contributed by atoms with Crippen LogP contribution >= 0.6 is 11.8 Å². The van der Waals surface area contributed by atoms with Crippen LogP contribution in [-0.2, 0) is 19.6 Å². The monoisotopic (exact) mass is 450 g/mol. The van der Waals surface area contributed by atoms with Gasteiger partial charge in [-0.3, -0.25) is 14.3 Å². The van der Waals surface area contributed by atoms with Gasteiger partial charge in [0.05, 0.1) is 22.1 Å². The SMILES string of the molecule is CSc1cc(C(=O)O)ccc1NS(=O)(=O)c1ccc(N2CC(C(=O)O)CC2=O)cc1. The number of anilines is 2. The molecule has 158 valence electrons. The Hall–Kier alpha value is -3.05. The van der Waals surface area contributed by atoms with Crippen molar-refractivity contribution in [2.45, 2.75) is 16.2 Å². The lowest BCUT2D eigenvalue weighted by Gasteiger charge is -2.17. The van der Waals surface area contributed by atoms with Crippen molar-refractivity contribution in [3.05, 3.63) is 48.0 Å². The molecule has 1 atom stereocenters. The first-order valence-corrected chi connectivity index (χ1v) is 11.4.